The lowest BCUT2D eigenvalue weighted by Gasteiger charge is -2.07. The fourth-order valence-electron chi connectivity index (χ4n) is 1.27. The molecular formula is C12H7BrINO3. The van der Waals surface area contributed by atoms with Gasteiger partial charge in [0.15, 0.2) is 0 Å². The van der Waals surface area contributed by atoms with Crippen LogP contribution in [0.1, 0.15) is 10.4 Å². The Bertz CT molecular complexity index is 634. The summed E-state index contributed by atoms with van der Waals surface area (Å²) in [5.74, 6) is -0.332. The van der Waals surface area contributed by atoms with E-state index in [4.69, 9.17) is 0 Å². The molecule has 1 N–H and O–H groups in total. The molecule has 0 aliphatic carbocycles. The van der Waals surface area contributed by atoms with Crippen LogP contribution in [0, 0.1) is 3.57 Å². The highest BCUT2D eigenvalue weighted by molar-refractivity contribution is 14.1. The third-order valence-corrected chi connectivity index (χ3v) is 3.50. The van der Waals surface area contributed by atoms with Crippen LogP contribution >= 0.6 is 38.5 Å². The third-order valence-electron chi connectivity index (χ3n) is 2.14. The van der Waals surface area contributed by atoms with E-state index in [2.05, 4.69) is 48.3 Å². The van der Waals surface area contributed by atoms with Crippen LogP contribution in [-0.4, -0.2) is 5.91 Å². The number of rotatable bonds is 2. The molecule has 0 bridgehead atoms. The molecule has 0 radical (unpaired) electrons. The molecular weight excluding hydrogens is 413 g/mol. The van der Waals surface area contributed by atoms with Gasteiger partial charge in [-0.2, -0.15) is 0 Å². The molecule has 2 aromatic rings. The quantitative estimate of drug-likeness (QED) is 0.760. The number of halogens is 2. The van der Waals surface area contributed by atoms with Gasteiger partial charge < -0.3 is 9.73 Å². The van der Waals surface area contributed by atoms with Crippen molar-refractivity contribution in [3.8, 4) is 0 Å². The van der Waals surface area contributed by atoms with Crippen LogP contribution in [0.15, 0.2) is 50.3 Å². The molecule has 0 saturated carbocycles. The van der Waals surface area contributed by atoms with Gasteiger partial charge in [0.25, 0.3) is 5.91 Å². The van der Waals surface area contributed by atoms with Gasteiger partial charge in [-0.15, -0.1) is 0 Å². The van der Waals surface area contributed by atoms with Crippen molar-refractivity contribution in [2.45, 2.75) is 0 Å². The highest BCUT2D eigenvalue weighted by Gasteiger charge is 2.09. The molecule has 0 atom stereocenters. The topological polar surface area (TPSA) is 59.3 Å². The Balaban J connectivity index is 2.23. The lowest BCUT2D eigenvalue weighted by atomic mass is 10.2. The van der Waals surface area contributed by atoms with E-state index in [1.807, 2.05) is 18.2 Å². The number of anilines is 1. The molecule has 0 spiro atoms. The zero-order valence-corrected chi connectivity index (χ0v) is 12.7. The van der Waals surface area contributed by atoms with Gasteiger partial charge in [-0.25, -0.2) is 4.79 Å². The second-order valence-electron chi connectivity index (χ2n) is 3.42. The van der Waals surface area contributed by atoms with Gasteiger partial charge in [0.05, 0.1) is 11.3 Å². The minimum absolute atomic E-state index is 0.292. The predicted molar refractivity (Wildman–Crippen MR) is 79.8 cm³/mol. The third kappa shape index (κ3) is 3.20. The summed E-state index contributed by atoms with van der Waals surface area (Å²) in [5.41, 5.74) is 0.473. The number of benzene rings is 1. The summed E-state index contributed by atoms with van der Waals surface area (Å²) >= 11 is 5.51. The summed E-state index contributed by atoms with van der Waals surface area (Å²) in [6, 6.07) is 8.23. The number of amides is 1. The first-order valence-corrected chi connectivity index (χ1v) is 6.79. The van der Waals surface area contributed by atoms with E-state index in [0.29, 0.717) is 11.3 Å². The van der Waals surface area contributed by atoms with Gasteiger partial charge in [0, 0.05) is 14.1 Å². The highest BCUT2D eigenvalue weighted by Crippen LogP contribution is 2.24. The second kappa shape index (κ2) is 5.66. The van der Waals surface area contributed by atoms with Crippen molar-refractivity contribution >= 4 is 50.1 Å². The predicted octanol–water partition coefficient (Wildman–Crippen LogP) is 3.26. The number of carbonyl (C=O) groups excluding carboxylic acids is 1. The summed E-state index contributed by atoms with van der Waals surface area (Å²) in [4.78, 5) is 22.7. The van der Waals surface area contributed by atoms with Crippen LogP contribution in [0.25, 0.3) is 0 Å². The first-order chi connectivity index (χ1) is 8.56. The van der Waals surface area contributed by atoms with Crippen LogP contribution in [0.4, 0.5) is 5.69 Å². The van der Waals surface area contributed by atoms with Crippen molar-refractivity contribution in [1.82, 2.24) is 0 Å². The fourth-order valence-corrected chi connectivity index (χ4v) is 2.11. The zero-order chi connectivity index (χ0) is 13.1. The second-order valence-corrected chi connectivity index (χ2v) is 5.52. The average Bonchev–Trinajstić information content (AvgIpc) is 2.34. The molecule has 18 heavy (non-hydrogen) atoms. The fraction of sp³-hybridized carbons (Fsp3) is 0. The lowest BCUT2D eigenvalue weighted by molar-refractivity contribution is 0.102. The highest BCUT2D eigenvalue weighted by atomic mass is 127. The zero-order valence-electron chi connectivity index (χ0n) is 8.94. The van der Waals surface area contributed by atoms with E-state index < -0.39 is 5.63 Å². The van der Waals surface area contributed by atoms with E-state index >= 15 is 0 Å². The number of nitrogens with one attached hydrogen (secondary N) is 1. The number of hydrogen-bond acceptors (Lipinski definition) is 3. The van der Waals surface area contributed by atoms with Gasteiger partial charge in [-0.3, -0.25) is 4.79 Å². The molecule has 0 saturated heterocycles. The molecule has 1 aromatic carbocycles. The van der Waals surface area contributed by atoms with Gasteiger partial charge in [0.2, 0.25) is 0 Å². The standard InChI is InChI=1S/C12H7BrINO3/c13-9-3-2-8(14)5-10(9)15-12(17)7-1-4-11(16)18-6-7/h1-6H,(H,15,17). The van der Waals surface area contributed by atoms with Gasteiger partial charge in [0.1, 0.15) is 6.26 Å². The normalized spacial score (nSPS) is 10.1. The van der Waals surface area contributed by atoms with Gasteiger partial charge >= 0.3 is 5.63 Å². The molecule has 0 aliphatic heterocycles. The summed E-state index contributed by atoms with van der Waals surface area (Å²) in [6.07, 6.45) is 1.14. The molecule has 1 aromatic heterocycles. The Morgan fingerprint density at radius 2 is 2.06 bits per heavy atom. The van der Waals surface area contributed by atoms with Crippen LogP contribution in [0.3, 0.4) is 0 Å². The van der Waals surface area contributed by atoms with E-state index in [-0.39, 0.29) is 5.91 Å². The Hall–Kier alpha value is -1.15. The molecule has 2 rings (SSSR count). The van der Waals surface area contributed by atoms with Crippen molar-refractivity contribution in [1.29, 1.82) is 0 Å². The SMILES string of the molecule is O=C(Nc1cc(I)ccc1Br)c1ccc(=O)oc1. The van der Waals surface area contributed by atoms with Gasteiger partial charge in [-0.05, 0) is 62.8 Å². The molecule has 0 fully saturated rings. The van der Waals surface area contributed by atoms with Crippen LogP contribution < -0.4 is 10.9 Å². The first-order valence-electron chi connectivity index (χ1n) is 4.91. The molecule has 0 aliphatic rings. The van der Waals surface area contributed by atoms with Gasteiger partial charge in [-0.1, -0.05) is 0 Å². The molecule has 92 valence electrons. The van der Waals surface area contributed by atoms with Crippen LogP contribution in [0.2, 0.25) is 0 Å². The molecule has 0 unspecified atom stereocenters. The minimum Gasteiger partial charge on any atom is -0.430 e. The summed E-state index contributed by atoms with van der Waals surface area (Å²) in [6.45, 7) is 0. The molecule has 1 amide bonds. The van der Waals surface area contributed by atoms with Crippen LogP contribution in [0.5, 0.6) is 0 Å². The Morgan fingerprint density at radius 3 is 2.72 bits per heavy atom. The van der Waals surface area contributed by atoms with Crippen molar-refractivity contribution in [3.63, 3.8) is 0 Å². The Morgan fingerprint density at radius 1 is 1.28 bits per heavy atom. The lowest BCUT2D eigenvalue weighted by Crippen LogP contribution is -2.13. The summed E-state index contributed by atoms with van der Waals surface area (Å²) < 4.78 is 6.43. The Labute approximate surface area is 125 Å². The molecule has 4 nitrogen and oxygen atoms in total. The summed E-state index contributed by atoms with van der Waals surface area (Å²) in [7, 11) is 0. The van der Waals surface area contributed by atoms with E-state index in [1.165, 1.54) is 12.1 Å². The average molecular weight is 420 g/mol. The number of hydrogen-bond donors (Lipinski definition) is 1. The number of carbonyl (C=O) groups is 1. The molecule has 1 heterocycles. The first kappa shape index (κ1) is 13.3. The van der Waals surface area contributed by atoms with E-state index in [9.17, 15) is 9.59 Å². The smallest absolute Gasteiger partial charge is 0.335 e. The van der Waals surface area contributed by atoms with Crippen LogP contribution in [-0.2, 0) is 0 Å². The van der Waals surface area contributed by atoms with E-state index in [0.717, 1.165) is 14.3 Å². The Kier molecular flexibility index (Phi) is 4.18. The van der Waals surface area contributed by atoms with Crippen molar-refractivity contribution in [2.24, 2.45) is 0 Å². The largest absolute Gasteiger partial charge is 0.430 e. The van der Waals surface area contributed by atoms with E-state index in [1.54, 1.807) is 0 Å². The van der Waals surface area contributed by atoms with Crippen molar-refractivity contribution < 1.29 is 9.21 Å². The molecule has 6 heteroatoms. The summed E-state index contributed by atoms with van der Waals surface area (Å²) in [5, 5.41) is 2.73. The van der Waals surface area contributed by atoms with Crippen molar-refractivity contribution in [3.05, 3.63) is 60.6 Å². The minimum atomic E-state index is -0.484. The maximum Gasteiger partial charge on any atom is 0.335 e. The maximum absolute atomic E-state index is 11.9. The van der Waals surface area contributed by atoms with Crippen molar-refractivity contribution in [2.75, 3.05) is 5.32 Å². The maximum atomic E-state index is 11.9. The monoisotopic (exact) mass is 419 g/mol.